The van der Waals surface area contributed by atoms with Crippen molar-refractivity contribution in [2.45, 2.75) is 19.5 Å². The minimum atomic E-state index is 0.620. The molecule has 2 nitrogen and oxygen atoms in total. The minimum Gasteiger partial charge on any atom is -0.312 e. The molecule has 0 radical (unpaired) electrons. The first-order chi connectivity index (χ1) is 7.24. The first-order valence-electron chi connectivity index (χ1n) is 5.44. The van der Waals surface area contributed by atoms with E-state index in [2.05, 4.69) is 57.3 Å². The summed E-state index contributed by atoms with van der Waals surface area (Å²) in [4.78, 5) is 2.50. The molecule has 1 aromatic rings. The molecule has 1 N–H and O–H groups in total. The first kappa shape index (κ1) is 11.1. The molecule has 0 amide bonds. The summed E-state index contributed by atoms with van der Waals surface area (Å²) in [6, 6.07) is 9.23. The molecule has 0 aliphatic carbocycles. The fourth-order valence-corrected chi connectivity index (χ4v) is 2.27. The van der Waals surface area contributed by atoms with Crippen LogP contribution >= 0.6 is 15.9 Å². The van der Waals surface area contributed by atoms with Crippen LogP contribution in [0.2, 0.25) is 0 Å². The number of piperazine rings is 1. The van der Waals surface area contributed by atoms with Gasteiger partial charge in [-0.2, -0.15) is 0 Å². The van der Waals surface area contributed by atoms with Gasteiger partial charge in [0.2, 0.25) is 0 Å². The fraction of sp³-hybridized carbons (Fsp3) is 0.500. The summed E-state index contributed by atoms with van der Waals surface area (Å²) in [6.07, 6.45) is 0. The molecular weight excluding hydrogens is 252 g/mol. The van der Waals surface area contributed by atoms with Crippen molar-refractivity contribution in [2.24, 2.45) is 0 Å². The monoisotopic (exact) mass is 268 g/mol. The van der Waals surface area contributed by atoms with Crippen LogP contribution in [0.1, 0.15) is 12.5 Å². The van der Waals surface area contributed by atoms with Crippen molar-refractivity contribution in [2.75, 3.05) is 19.6 Å². The lowest BCUT2D eigenvalue weighted by Crippen LogP contribution is -2.48. The van der Waals surface area contributed by atoms with E-state index in [-0.39, 0.29) is 0 Å². The Morgan fingerprint density at radius 2 is 2.13 bits per heavy atom. The lowest BCUT2D eigenvalue weighted by atomic mass is 10.1. The van der Waals surface area contributed by atoms with Crippen molar-refractivity contribution in [3.8, 4) is 0 Å². The predicted molar refractivity (Wildman–Crippen MR) is 66.9 cm³/mol. The third kappa shape index (κ3) is 3.30. The van der Waals surface area contributed by atoms with Gasteiger partial charge in [0, 0.05) is 36.7 Å². The summed E-state index contributed by atoms with van der Waals surface area (Å²) in [5.74, 6) is 0. The maximum atomic E-state index is 3.46. The third-order valence-corrected chi connectivity index (χ3v) is 3.30. The number of nitrogens with zero attached hydrogens (tertiary/aromatic N) is 1. The second kappa shape index (κ2) is 5.10. The molecule has 3 heteroatoms. The zero-order valence-corrected chi connectivity index (χ0v) is 10.6. The van der Waals surface area contributed by atoms with E-state index in [9.17, 15) is 0 Å². The van der Waals surface area contributed by atoms with E-state index in [1.165, 1.54) is 5.56 Å². The molecule has 82 valence electrons. The summed E-state index contributed by atoms with van der Waals surface area (Å²) in [6.45, 7) is 6.72. The molecule has 1 saturated heterocycles. The number of benzene rings is 1. The van der Waals surface area contributed by atoms with Crippen molar-refractivity contribution >= 4 is 15.9 Å². The molecule has 0 saturated carbocycles. The Bertz CT molecular complexity index is 310. The van der Waals surface area contributed by atoms with Crippen LogP contribution in [-0.4, -0.2) is 30.6 Å². The van der Waals surface area contributed by atoms with Gasteiger partial charge in [0.1, 0.15) is 0 Å². The summed E-state index contributed by atoms with van der Waals surface area (Å²) in [7, 11) is 0. The van der Waals surface area contributed by atoms with Crippen LogP contribution < -0.4 is 5.32 Å². The molecule has 1 aliphatic heterocycles. The highest BCUT2D eigenvalue weighted by Gasteiger charge is 2.15. The van der Waals surface area contributed by atoms with Crippen LogP contribution in [0.3, 0.4) is 0 Å². The number of hydrogen-bond donors (Lipinski definition) is 1. The average Bonchev–Trinajstić information content (AvgIpc) is 2.22. The molecule has 0 unspecified atom stereocenters. The van der Waals surface area contributed by atoms with Gasteiger partial charge < -0.3 is 5.32 Å². The number of nitrogens with one attached hydrogen (secondary N) is 1. The van der Waals surface area contributed by atoms with E-state index in [4.69, 9.17) is 0 Å². The summed E-state index contributed by atoms with van der Waals surface area (Å²) in [5, 5.41) is 3.46. The van der Waals surface area contributed by atoms with Gasteiger partial charge in [-0.1, -0.05) is 28.1 Å². The van der Waals surface area contributed by atoms with Crippen molar-refractivity contribution < 1.29 is 0 Å². The Balaban J connectivity index is 1.93. The first-order valence-corrected chi connectivity index (χ1v) is 6.23. The van der Waals surface area contributed by atoms with Crippen molar-refractivity contribution in [3.63, 3.8) is 0 Å². The third-order valence-electron chi connectivity index (χ3n) is 2.77. The number of hydrogen-bond acceptors (Lipinski definition) is 2. The highest BCUT2D eigenvalue weighted by molar-refractivity contribution is 9.10. The van der Waals surface area contributed by atoms with E-state index in [1.807, 2.05) is 0 Å². The SMILES string of the molecule is C[C@@H]1CN(Cc2ccc(Br)cc2)CCN1. The lowest BCUT2D eigenvalue weighted by molar-refractivity contribution is 0.199. The number of rotatable bonds is 2. The molecule has 1 atom stereocenters. The molecule has 1 fully saturated rings. The van der Waals surface area contributed by atoms with Crippen molar-refractivity contribution in [3.05, 3.63) is 34.3 Å². The van der Waals surface area contributed by atoms with Crippen LogP contribution in [-0.2, 0) is 6.54 Å². The van der Waals surface area contributed by atoms with E-state index >= 15 is 0 Å². The van der Waals surface area contributed by atoms with Crippen LogP contribution in [0.5, 0.6) is 0 Å². The zero-order valence-electron chi connectivity index (χ0n) is 9.04. The van der Waals surface area contributed by atoms with Crippen LogP contribution in [0.4, 0.5) is 0 Å². The zero-order chi connectivity index (χ0) is 10.7. The molecule has 0 aromatic heterocycles. The predicted octanol–water partition coefficient (Wildman–Crippen LogP) is 2.24. The summed E-state index contributed by atoms with van der Waals surface area (Å²) < 4.78 is 1.15. The van der Waals surface area contributed by atoms with Gasteiger partial charge in [-0.3, -0.25) is 4.90 Å². The van der Waals surface area contributed by atoms with Gasteiger partial charge in [-0.15, -0.1) is 0 Å². The minimum absolute atomic E-state index is 0.620. The van der Waals surface area contributed by atoms with E-state index in [0.29, 0.717) is 6.04 Å². The van der Waals surface area contributed by atoms with E-state index < -0.39 is 0 Å². The van der Waals surface area contributed by atoms with Crippen LogP contribution in [0, 0.1) is 0 Å². The normalized spacial score (nSPS) is 22.9. The second-order valence-corrected chi connectivity index (χ2v) is 5.13. The highest BCUT2D eigenvalue weighted by atomic mass is 79.9. The van der Waals surface area contributed by atoms with Crippen LogP contribution in [0.15, 0.2) is 28.7 Å². The molecule has 2 rings (SSSR count). The Morgan fingerprint density at radius 1 is 1.40 bits per heavy atom. The van der Waals surface area contributed by atoms with Gasteiger partial charge in [-0.05, 0) is 24.6 Å². The van der Waals surface area contributed by atoms with E-state index in [0.717, 1.165) is 30.7 Å². The smallest absolute Gasteiger partial charge is 0.0234 e. The van der Waals surface area contributed by atoms with Crippen LogP contribution in [0.25, 0.3) is 0 Å². The Kier molecular flexibility index (Phi) is 3.78. The van der Waals surface area contributed by atoms with Gasteiger partial charge in [-0.25, -0.2) is 0 Å². The summed E-state index contributed by atoms with van der Waals surface area (Å²) >= 11 is 3.46. The molecule has 1 heterocycles. The van der Waals surface area contributed by atoms with Crippen molar-refractivity contribution in [1.29, 1.82) is 0 Å². The Hall–Kier alpha value is -0.380. The molecule has 0 spiro atoms. The largest absolute Gasteiger partial charge is 0.312 e. The summed E-state index contributed by atoms with van der Waals surface area (Å²) in [5.41, 5.74) is 1.40. The second-order valence-electron chi connectivity index (χ2n) is 4.22. The highest BCUT2D eigenvalue weighted by Crippen LogP contribution is 2.13. The maximum Gasteiger partial charge on any atom is 0.0234 e. The molecular formula is C12H17BrN2. The number of halogens is 1. The molecule has 15 heavy (non-hydrogen) atoms. The standard InChI is InChI=1S/C12H17BrN2/c1-10-8-15(7-6-14-10)9-11-2-4-12(13)5-3-11/h2-5,10,14H,6-9H2,1H3/t10-/m1/s1. The van der Waals surface area contributed by atoms with Gasteiger partial charge in [0.25, 0.3) is 0 Å². The molecule has 1 aliphatic rings. The lowest BCUT2D eigenvalue weighted by Gasteiger charge is -2.31. The van der Waals surface area contributed by atoms with Gasteiger partial charge >= 0.3 is 0 Å². The average molecular weight is 269 g/mol. The molecule has 0 bridgehead atoms. The van der Waals surface area contributed by atoms with Crippen molar-refractivity contribution in [1.82, 2.24) is 10.2 Å². The van der Waals surface area contributed by atoms with E-state index in [1.54, 1.807) is 0 Å². The topological polar surface area (TPSA) is 15.3 Å². The Labute approximate surface area is 99.8 Å². The fourth-order valence-electron chi connectivity index (χ4n) is 2.00. The molecule has 1 aromatic carbocycles. The van der Waals surface area contributed by atoms with Gasteiger partial charge in [0.05, 0.1) is 0 Å². The Morgan fingerprint density at radius 3 is 2.80 bits per heavy atom. The quantitative estimate of drug-likeness (QED) is 0.885. The van der Waals surface area contributed by atoms with Gasteiger partial charge in [0.15, 0.2) is 0 Å². The maximum absolute atomic E-state index is 3.46.